The van der Waals surface area contributed by atoms with E-state index in [9.17, 15) is 4.79 Å². The minimum atomic E-state index is -0.216. The summed E-state index contributed by atoms with van der Waals surface area (Å²) in [6.45, 7) is 1.91. The van der Waals surface area contributed by atoms with Gasteiger partial charge in [0.2, 0.25) is 0 Å². The monoisotopic (exact) mass is 256 g/mol. The first kappa shape index (κ1) is 13.0. The lowest BCUT2D eigenvalue weighted by molar-refractivity contribution is 0.102. The van der Waals surface area contributed by atoms with Crippen LogP contribution in [-0.4, -0.2) is 13.0 Å². The number of carbonyl (C=O) groups excluding carboxylic acids is 1. The first-order valence-electron chi connectivity index (χ1n) is 5.92. The Bertz CT molecular complexity index is 609. The van der Waals surface area contributed by atoms with Crippen molar-refractivity contribution in [3.05, 3.63) is 53.6 Å². The van der Waals surface area contributed by atoms with Crippen LogP contribution in [-0.2, 0) is 0 Å². The van der Waals surface area contributed by atoms with E-state index in [1.54, 1.807) is 37.4 Å². The van der Waals surface area contributed by atoms with E-state index < -0.39 is 0 Å². The summed E-state index contributed by atoms with van der Waals surface area (Å²) < 4.78 is 5.13. The molecule has 0 aromatic heterocycles. The van der Waals surface area contributed by atoms with Crippen LogP contribution in [0.1, 0.15) is 15.9 Å². The number of nitrogen functional groups attached to an aromatic ring is 1. The van der Waals surface area contributed by atoms with Crippen LogP contribution in [0.2, 0.25) is 0 Å². The zero-order chi connectivity index (χ0) is 13.8. The number of anilines is 2. The molecule has 1 amide bonds. The Morgan fingerprint density at radius 2 is 1.95 bits per heavy atom. The van der Waals surface area contributed by atoms with Gasteiger partial charge in [0.1, 0.15) is 5.75 Å². The molecular weight excluding hydrogens is 240 g/mol. The molecule has 0 unspecified atom stereocenters. The summed E-state index contributed by atoms with van der Waals surface area (Å²) in [5.74, 6) is 0.543. The first-order valence-corrected chi connectivity index (χ1v) is 5.92. The van der Waals surface area contributed by atoms with Crippen molar-refractivity contribution in [1.29, 1.82) is 0 Å². The van der Waals surface area contributed by atoms with E-state index in [4.69, 9.17) is 10.5 Å². The second-order valence-corrected chi connectivity index (χ2v) is 4.22. The van der Waals surface area contributed by atoms with Gasteiger partial charge >= 0.3 is 0 Å². The molecule has 4 heteroatoms. The van der Waals surface area contributed by atoms with Crippen LogP contribution in [0.25, 0.3) is 0 Å². The highest BCUT2D eigenvalue weighted by Gasteiger charge is 2.10. The molecule has 19 heavy (non-hydrogen) atoms. The lowest BCUT2D eigenvalue weighted by Crippen LogP contribution is -2.14. The summed E-state index contributed by atoms with van der Waals surface area (Å²) in [6, 6.07) is 12.5. The number of carbonyl (C=O) groups is 1. The van der Waals surface area contributed by atoms with Gasteiger partial charge in [0.05, 0.1) is 12.7 Å². The average Bonchev–Trinajstić information content (AvgIpc) is 2.41. The summed E-state index contributed by atoms with van der Waals surface area (Å²) in [5, 5.41) is 2.84. The Kier molecular flexibility index (Phi) is 3.71. The van der Waals surface area contributed by atoms with E-state index in [2.05, 4.69) is 5.32 Å². The van der Waals surface area contributed by atoms with Crippen LogP contribution in [0, 0.1) is 6.92 Å². The fourth-order valence-electron chi connectivity index (χ4n) is 1.80. The standard InChI is InChI=1S/C15H16N2O2/c1-10-9-11(19-2)7-8-14(10)17-15(18)12-5-3-4-6-13(12)16/h3-9H,16H2,1-2H3,(H,17,18). The zero-order valence-corrected chi connectivity index (χ0v) is 10.9. The van der Waals surface area contributed by atoms with Crippen molar-refractivity contribution >= 4 is 17.3 Å². The van der Waals surface area contributed by atoms with Crippen LogP contribution in [0.15, 0.2) is 42.5 Å². The molecular formula is C15H16N2O2. The molecule has 0 bridgehead atoms. The molecule has 0 fully saturated rings. The predicted molar refractivity (Wildman–Crippen MR) is 76.5 cm³/mol. The highest BCUT2D eigenvalue weighted by molar-refractivity contribution is 6.08. The molecule has 2 rings (SSSR count). The number of nitrogens with one attached hydrogen (secondary N) is 1. The van der Waals surface area contributed by atoms with Gasteiger partial charge < -0.3 is 15.8 Å². The Labute approximate surface area is 112 Å². The number of benzene rings is 2. The quantitative estimate of drug-likeness (QED) is 0.830. The molecule has 3 N–H and O–H groups in total. The maximum absolute atomic E-state index is 12.1. The van der Waals surface area contributed by atoms with Crippen molar-refractivity contribution in [2.24, 2.45) is 0 Å². The van der Waals surface area contributed by atoms with Crippen LogP contribution in [0.5, 0.6) is 5.75 Å². The number of hydrogen-bond acceptors (Lipinski definition) is 3. The summed E-state index contributed by atoms with van der Waals surface area (Å²) in [4.78, 5) is 12.1. The Hall–Kier alpha value is -2.49. The van der Waals surface area contributed by atoms with Gasteiger partial charge in [0, 0.05) is 11.4 Å². The molecule has 0 saturated carbocycles. The van der Waals surface area contributed by atoms with Gasteiger partial charge in [0.25, 0.3) is 5.91 Å². The zero-order valence-electron chi connectivity index (χ0n) is 10.9. The Morgan fingerprint density at radius 1 is 1.21 bits per heavy atom. The molecule has 0 aliphatic heterocycles. The average molecular weight is 256 g/mol. The summed E-state index contributed by atoms with van der Waals surface area (Å²) in [7, 11) is 1.61. The number of para-hydroxylation sites is 1. The minimum absolute atomic E-state index is 0.216. The predicted octanol–water partition coefficient (Wildman–Crippen LogP) is 2.84. The smallest absolute Gasteiger partial charge is 0.257 e. The van der Waals surface area contributed by atoms with E-state index >= 15 is 0 Å². The number of ether oxygens (including phenoxy) is 1. The number of rotatable bonds is 3. The number of aryl methyl sites for hydroxylation is 1. The topological polar surface area (TPSA) is 64.3 Å². The van der Waals surface area contributed by atoms with Crippen LogP contribution < -0.4 is 15.8 Å². The third-order valence-electron chi connectivity index (χ3n) is 2.89. The van der Waals surface area contributed by atoms with Gasteiger partial charge in [0.15, 0.2) is 0 Å². The van der Waals surface area contributed by atoms with E-state index in [0.29, 0.717) is 11.3 Å². The third kappa shape index (κ3) is 2.85. The Balaban J connectivity index is 2.22. The summed E-state index contributed by atoms with van der Waals surface area (Å²) in [5.41, 5.74) is 8.39. The van der Waals surface area contributed by atoms with Gasteiger partial charge in [-0.3, -0.25) is 4.79 Å². The third-order valence-corrected chi connectivity index (χ3v) is 2.89. The molecule has 0 aliphatic carbocycles. The van der Waals surface area contributed by atoms with E-state index in [1.165, 1.54) is 0 Å². The van der Waals surface area contributed by atoms with Crippen LogP contribution in [0.3, 0.4) is 0 Å². The maximum atomic E-state index is 12.1. The normalized spacial score (nSPS) is 10.0. The molecule has 0 saturated heterocycles. The van der Waals surface area contributed by atoms with Crippen molar-refractivity contribution in [1.82, 2.24) is 0 Å². The van der Waals surface area contributed by atoms with Gasteiger partial charge in [-0.1, -0.05) is 12.1 Å². The van der Waals surface area contributed by atoms with E-state index in [1.807, 2.05) is 19.1 Å². The van der Waals surface area contributed by atoms with Gasteiger partial charge in [-0.2, -0.15) is 0 Å². The number of methoxy groups -OCH3 is 1. The minimum Gasteiger partial charge on any atom is -0.497 e. The van der Waals surface area contributed by atoms with Crippen molar-refractivity contribution in [3.63, 3.8) is 0 Å². The number of amides is 1. The van der Waals surface area contributed by atoms with Gasteiger partial charge in [-0.25, -0.2) is 0 Å². The highest BCUT2D eigenvalue weighted by Crippen LogP contribution is 2.22. The molecule has 2 aromatic carbocycles. The highest BCUT2D eigenvalue weighted by atomic mass is 16.5. The van der Waals surface area contributed by atoms with Gasteiger partial charge in [-0.05, 0) is 42.8 Å². The second-order valence-electron chi connectivity index (χ2n) is 4.22. The first-order chi connectivity index (χ1) is 9.11. The van der Waals surface area contributed by atoms with Crippen LogP contribution >= 0.6 is 0 Å². The number of hydrogen-bond donors (Lipinski definition) is 2. The largest absolute Gasteiger partial charge is 0.497 e. The molecule has 98 valence electrons. The van der Waals surface area contributed by atoms with E-state index in [-0.39, 0.29) is 5.91 Å². The number of nitrogens with two attached hydrogens (primary N) is 1. The lowest BCUT2D eigenvalue weighted by atomic mass is 10.1. The van der Waals surface area contributed by atoms with Crippen molar-refractivity contribution in [3.8, 4) is 5.75 Å². The molecule has 4 nitrogen and oxygen atoms in total. The molecule has 0 spiro atoms. The van der Waals surface area contributed by atoms with Crippen LogP contribution in [0.4, 0.5) is 11.4 Å². The fourth-order valence-corrected chi connectivity index (χ4v) is 1.80. The van der Waals surface area contributed by atoms with E-state index in [0.717, 1.165) is 17.0 Å². The molecule has 0 aliphatic rings. The maximum Gasteiger partial charge on any atom is 0.257 e. The summed E-state index contributed by atoms with van der Waals surface area (Å²) >= 11 is 0. The summed E-state index contributed by atoms with van der Waals surface area (Å²) in [6.07, 6.45) is 0. The molecule has 0 atom stereocenters. The molecule has 2 aromatic rings. The van der Waals surface area contributed by atoms with Crippen molar-refractivity contribution < 1.29 is 9.53 Å². The Morgan fingerprint density at radius 3 is 2.58 bits per heavy atom. The SMILES string of the molecule is COc1ccc(NC(=O)c2ccccc2N)c(C)c1. The lowest BCUT2D eigenvalue weighted by Gasteiger charge is -2.11. The van der Waals surface area contributed by atoms with Gasteiger partial charge in [-0.15, -0.1) is 0 Å². The molecule has 0 heterocycles. The molecule has 0 radical (unpaired) electrons. The fraction of sp³-hybridized carbons (Fsp3) is 0.133. The second kappa shape index (κ2) is 5.44. The van der Waals surface area contributed by atoms with Crippen molar-refractivity contribution in [2.75, 3.05) is 18.2 Å². The van der Waals surface area contributed by atoms with Crippen molar-refractivity contribution in [2.45, 2.75) is 6.92 Å².